The fourth-order valence-corrected chi connectivity index (χ4v) is 3.22. The molecule has 3 aromatic rings. The van der Waals surface area contributed by atoms with Crippen LogP contribution in [-0.2, 0) is 4.79 Å². The highest BCUT2D eigenvalue weighted by atomic mass is 35.5. The number of unbranched alkanes of at least 4 members (excludes halogenated alkanes) is 1. The second-order valence-corrected chi connectivity index (χ2v) is 8.19. The number of hydrogen-bond donors (Lipinski definition) is 1. The number of ether oxygens (including phenoxy) is 3. The Morgan fingerprint density at radius 1 is 0.943 bits per heavy atom. The standard InChI is InChI=1S/C26H24Cl2N2O5/c1-2-3-14-33-21-11-6-19(7-12-21)26(32)35-22-9-4-18(5-10-22)16-29-30-25(31)17-34-24-13-8-20(27)15-23(24)28/h4-13,15-16H,2-3,14,17H2,1H3,(H,30,31)/b29-16-. The summed E-state index contributed by atoms with van der Waals surface area (Å²) in [6, 6.07) is 18.2. The highest BCUT2D eigenvalue weighted by Crippen LogP contribution is 2.27. The predicted octanol–water partition coefficient (Wildman–Crippen LogP) is 5.92. The topological polar surface area (TPSA) is 86.2 Å². The van der Waals surface area contributed by atoms with Crippen molar-refractivity contribution in [3.8, 4) is 17.2 Å². The van der Waals surface area contributed by atoms with Gasteiger partial charge in [-0.25, -0.2) is 10.2 Å². The van der Waals surface area contributed by atoms with E-state index in [4.69, 9.17) is 37.4 Å². The molecule has 0 fully saturated rings. The maximum Gasteiger partial charge on any atom is 0.343 e. The number of carbonyl (C=O) groups excluding carboxylic acids is 2. The third-order valence-corrected chi connectivity index (χ3v) is 5.13. The summed E-state index contributed by atoms with van der Waals surface area (Å²) in [4.78, 5) is 24.3. The molecular weight excluding hydrogens is 491 g/mol. The van der Waals surface area contributed by atoms with Gasteiger partial charge in [-0.3, -0.25) is 4.79 Å². The van der Waals surface area contributed by atoms with Crippen molar-refractivity contribution >= 4 is 41.3 Å². The maximum atomic E-state index is 12.4. The van der Waals surface area contributed by atoms with Crippen molar-refractivity contribution in [1.82, 2.24) is 5.43 Å². The van der Waals surface area contributed by atoms with E-state index in [0.29, 0.717) is 45.0 Å². The lowest BCUT2D eigenvalue weighted by Crippen LogP contribution is -2.24. The SMILES string of the molecule is CCCCOc1ccc(C(=O)Oc2ccc(/C=N\NC(=O)COc3ccc(Cl)cc3Cl)cc2)cc1. The van der Waals surface area contributed by atoms with Crippen LogP contribution in [0.5, 0.6) is 17.2 Å². The average Bonchev–Trinajstić information content (AvgIpc) is 2.85. The van der Waals surface area contributed by atoms with E-state index >= 15 is 0 Å². The molecule has 0 aromatic heterocycles. The smallest absolute Gasteiger partial charge is 0.343 e. The van der Waals surface area contributed by atoms with Crippen LogP contribution in [0.15, 0.2) is 71.8 Å². The summed E-state index contributed by atoms with van der Waals surface area (Å²) in [6.45, 7) is 2.47. The summed E-state index contributed by atoms with van der Waals surface area (Å²) in [5, 5.41) is 4.66. The fourth-order valence-electron chi connectivity index (χ4n) is 2.76. The molecule has 0 saturated heterocycles. The van der Waals surface area contributed by atoms with E-state index in [-0.39, 0.29) is 6.61 Å². The van der Waals surface area contributed by atoms with Crippen molar-refractivity contribution < 1.29 is 23.8 Å². The summed E-state index contributed by atoms with van der Waals surface area (Å²) in [5.74, 6) is 0.509. The summed E-state index contributed by atoms with van der Waals surface area (Å²) in [7, 11) is 0. The second kappa shape index (κ2) is 13.4. The van der Waals surface area contributed by atoms with Crippen LogP contribution in [0, 0.1) is 0 Å². The molecule has 0 unspecified atom stereocenters. The number of benzene rings is 3. The van der Waals surface area contributed by atoms with Gasteiger partial charge in [-0.2, -0.15) is 5.10 Å². The quantitative estimate of drug-likeness (QED) is 0.113. The fraction of sp³-hybridized carbons (Fsp3) is 0.192. The molecule has 0 aliphatic heterocycles. The normalized spacial score (nSPS) is 10.7. The number of nitrogens with zero attached hydrogens (tertiary/aromatic N) is 1. The lowest BCUT2D eigenvalue weighted by molar-refractivity contribution is -0.123. The summed E-state index contributed by atoms with van der Waals surface area (Å²) < 4.78 is 16.3. The number of carbonyl (C=O) groups is 2. The van der Waals surface area contributed by atoms with Gasteiger partial charge in [0.2, 0.25) is 0 Å². The molecule has 0 saturated carbocycles. The molecule has 9 heteroatoms. The molecule has 0 aliphatic carbocycles. The Morgan fingerprint density at radius 3 is 2.34 bits per heavy atom. The minimum absolute atomic E-state index is 0.264. The van der Waals surface area contributed by atoms with Gasteiger partial charge in [0.15, 0.2) is 6.61 Å². The zero-order valence-corrected chi connectivity index (χ0v) is 20.5. The highest BCUT2D eigenvalue weighted by Gasteiger charge is 2.09. The van der Waals surface area contributed by atoms with Gasteiger partial charge in [-0.1, -0.05) is 36.5 Å². The molecule has 3 aromatic carbocycles. The van der Waals surface area contributed by atoms with Gasteiger partial charge in [0.05, 0.1) is 23.4 Å². The molecule has 7 nitrogen and oxygen atoms in total. The van der Waals surface area contributed by atoms with E-state index in [0.717, 1.165) is 12.8 Å². The monoisotopic (exact) mass is 514 g/mol. The second-order valence-electron chi connectivity index (χ2n) is 7.34. The Morgan fingerprint density at radius 2 is 1.66 bits per heavy atom. The van der Waals surface area contributed by atoms with Crippen LogP contribution >= 0.6 is 23.2 Å². The molecule has 1 N–H and O–H groups in total. The van der Waals surface area contributed by atoms with Gasteiger partial charge in [0.1, 0.15) is 17.2 Å². The summed E-state index contributed by atoms with van der Waals surface area (Å²) in [6.07, 6.45) is 3.49. The van der Waals surface area contributed by atoms with Crippen LogP contribution in [0.3, 0.4) is 0 Å². The van der Waals surface area contributed by atoms with Gasteiger partial charge in [0.25, 0.3) is 5.91 Å². The first-order chi connectivity index (χ1) is 16.9. The first-order valence-corrected chi connectivity index (χ1v) is 11.6. The molecule has 0 heterocycles. The molecule has 0 radical (unpaired) electrons. The first kappa shape index (κ1) is 26.1. The molecule has 0 bridgehead atoms. The Hall–Kier alpha value is -3.55. The molecular formula is C26H24Cl2N2O5. The van der Waals surface area contributed by atoms with E-state index in [9.17, 15) is 9.59 Å². The number of hydrogen-bond acceptors (Lipinski definition) is 6. The van der Waals surface area contributed by atoms with E-state index in [1.165, 1.54) is 12.3 Å². The number of amides is 1. The van der Waals surface area contributed by atoms with Crippen LogP contribution in [0.1, 0.15) is 35.7 Å². The van der Waals surface area contributed by atoms with Gasteiger partial charge >= 0.3 is 5.97 Å². The van der Waals surface area contributed by atoms with Crippen molar-refractivity contribution in [2.45, 2.75) is 19.8 Å². The molecule has 35 heavy (non-hydrogen) atoms. The zero-order valence-electron chi connectivity index (χ0n) is 19.0. The Labute approximate surface area is 213 Å². The van der Waals surface area contributed by atoms with Crippen LogP contribution in [-0.4, -0.2) is 31.3 Å². The van der Waals surface area contributed by atoms with Crippen LogP contribution in [0.2, 0.25) is 10.0 Å². The minimum Gasteiger partial charge on any atom is -0.494 e. The molecule has 1 amide bonds. The molecule has 0 atom stereocenters. The first-order valence-electron chi connectivity index (χ1n) is 10.9. The molecule has 0 aliphatic rings. The van der Waals surface area contributed by atoms with Gasteiger partial charge in [-0.05, 0) is 78.7 Å². The average molecular weight is 515 g/mol. The number of nitrogens with one attached hydrogen (secondary N) is 1. The Kier molecular flexibility index (Phi) is 9.95. The van der Waals surface area contributed by atoms with Gasteiger partial charge in [0, 0.05) is 5.02 Å². The van der Waals surface area contributed by atoms with Gasteiger partial charge in [-0.15, -0.1) is 0 Å². The number of hydrazone groups is 1. The Balaban J connectivity index is 1.44. The van der Waals surface area contributed by atoms with Crippen LogP contribution < -0.4 is 19.6 Å². The molecule has 3 rings (SSSR count). The largest absolute Gasteiger partial charge is 0.494 e. The van der Waals surface area contributed by atoms with Crippen LogP contribution in [0.25, 0.3) is 0 Å². The van der Waals surface area contributed by atoms with E-state index in [1.807, 2.05) is 0 Å². The highest BCUT2D eigenvalue weighted by molar-refractivity contribution is 6.35. The molecule has 0 spiro atoms. The Bertz CT molecular complexity index is 1170. The van der Waals surface area contributed by atoms with Crippen LogP contribution in [0.4, 0.5) is 0 Å². The lowest BCUT2D eigenvalue weighted by Gasteiger charge is -2.07. The van der Waals surface area contributed by atoms with Crippen molar-refractivity contribution in [2.24, 2.45) is 5.10 Å². The maximum absolute atomic E-state index is 12.4. The predicted molar refractivity (Wildman–Crippen MR) is 136 cm³/mol. The van der Waals surface area contributed by atoms with E-state index < -0.39 is 11.9 Å². The number of esters is 1. The van der Waals surface area contributed by atoms with E-state index in [2.05, 4.69) is 17.5 Å². The number of rotatable bonds is 11. The van der Waals surface area contributed by atoms with E-state index in [1.54, 1.807) is 60.7 Å². The van der Waals surface area contributed by atoms with Gasteiger partial charge < -0.3 is 14.2 Å². The van der Waals surface area contributed by atoms with Crippen molar-refractivity contribution in [2.75, 3.05) is 13.2 Å². The summed E-state index contributed by atoms with van der Waals surface area (Å²) in [5.41, 5.74) is 3.48. The third-order valence-electron chi connectivity index (χ3n) is 4.60. The molecule has 182 valence electrons. The minimum atomic E-state index is -0.473. The van der Waals surface area contributed by atoms with Crippen molar-refractivity contribution in [1.29, 1.82) is 0 Å². The van der Waals surface area contributed by atoms with Crippen molar-refractivity contribution in [3.05, 3.63) is 87.9 Å². The zero-order chi connectivity index (χ0) is 25.0. The summed E-state index contributed by atoms with van der Waals surface area (Å²) >= 11 is 11.8. The lowest BCUT2D eigenvalue weighted by atomic mass is 10.2. The number of halogens is 2. The third kappa shape index (κ3) is 8.63. The van der Waals surface area contributed by atoms with Crippen molar-refractivity contribution in [3.63, 3.8) is 0 Å².